The molecule has 0 atom stereocenters. The third-order valence-corrected chi connectivity index (χ3v) is 2.48. The molecule has 0 aromatic carbocycles. The van der Waals surface area contributed by atoms with Crippen molar-refractivity contribution in [1.29, 1.82) is 0 Å². The minimum atomic E-state index is -0.177. The molecule has 0 aliphatic carbocycles. The van der Waals surface area contributed by atoms with E-state index in [9.17, 15) is 9.90 Å². The zero-order valence-corrected chi connectivity index (χ0v) is 10.6. The van der Waals surface area contributed by atoms with Crippen LogP contribution in [0.4, 0.5) is 0 Å². The van der Waals surface area contributed by atoms with Crippen LogP contribution in [-0.2, 0) is 0 Å². The first-order valence-electron chi connectivity index (χ1n) is 5.55. The summed E-state index contributed by atoms with van der Waals surface area (Å²) in [7, 11) is 5.73. The van der Waals surface area contributed by atoms with Gasteiger partial charge in [0.25, 0.3) is 5.91 Å². The normalized spacial score (nSPS) is 10.6. The van der Waals surface area contributed by atoms with E-state index in [1.807, 2.05) is 14.1 Å². The van der Waals surface area contributed by atoms with Crippen LogP contribution in [0.15, 0.2) is 18.5 Å². The van der Waals surface area contributed by atoms with Gasteiger partial charge in [0.1, 0.15) is 5.75 Å². The van der Waals surface area contributed by atoms with Gasteiger partial charge in [-0.1, -0.05) is 0 Å². The van der Waals surface area contributed by atoms with Gasteiger partial charge in [-0.3, -0.25) is 9.78 Å². The number of rotatable bonds is 5. The maximum absolute atomic E-state index is 12.0. The predicted octanol–water partition coefficient (Wildman–Crippen LogP) is 0.811. The SMILES string of the molecule is CN(C)CCCN(C)C(=O)c1ccncc1O. The highest BCUT2D eigenvalue weighted by molar-refractivity contribution is 5.96. The van der Waals surface area contributed by atoms with Crippen LogP contribution in [-0.4, -0.2) is 60.0 Å². The van der Waals surface area contributed by atoms with Gasteiger partial charge in [-0.05, 0) is 33.1 Å². The molecule has 1 rings (SSSR count). The molecule has 1 aromatic rings. The Labute approximate surface area is 102 Å². The number of nitrogens with zero attached hydrogens (tertiary/aromatic N) is 3. The molecule has 0 saturated heterocycles. The summed E-state index contributed by atoms with van der Waals surface area (Å²) in [6.45, 7) is 1.60. The molecule has 0 radical (unpaired) electrons. The highest BCUT2D eigenvalue weighted by Crippen LogP contribution is 2.15. The van der Waals surface area contributed by atoms with Crippen molar-refractivity contribution in [3.8, 4) is 5.75 Å². The zero-order chi connectivity index (χ0) is 12.8. The molecule has 0 fully saturated rings. The van der Waals surface area contributed by atoms with E-state index in [0.717, 1.165) is 13.0 Å². The first-order chi connectivity index (χ1) is 8.02. The van der Waals surface area contributed by atoms with Gasteiger partial charge in [-0.15, -0.1) is 0 Å². The molecule has 17 heavy (non-hydrogen) atoms. The highest BCUT2D eigenvalue weighted by atomic mass is 16.3. The molecule has 0 aliphatic heterocycles. The summed E-state index contributed by atoms with van der Waals surface area (Å²) >= 11 is 0. The van der Waals surface area contributed by atoms with E-state index in [1.54, 1.807) is 11.9 Å². The number of amides is 1. The lowest BCUT2D eigenvalue weighted by Crippen LogP contribution is -2.29. The van der Waals surface area contributed by atoms with E-state index in [0.29, 0.717) is 12.1 Å². The van der Waals surface area contributed by atoms with Gasteiger partial charge in [-0.25, -0.2) is 0 Å². The molecular formula is C12H19N3O2. The number of pyridine rings is 1. The minimum Gasteiger partial charge on any atom is -0.505 e. The van der Waals surface area contributed by atoms with Gasteiger partial charge in [0.2, 0.25) is 0 Å². The molecule has 0 bridgehead atoms. The van der Waals surface area contributed by atoms with Crippen molar-refractivity contribution in [1.82, 2.24) is 14.8 Å². The molecule has 1 N–H and O–H groups in total. The Balaban J connectivity index is 2.55. The molecule has 0 spiro atoms. The fraction of sp³-hybridized carbons (Fsp3) is 0.500. The van der Waals surface area contributed by atoms with Gasteiger partial charge < -0.3 is 14.9 Å². The summed E-state index contributed by atoms with van der Waals surface area (Å²) in [5.74, 6) is -0.249. The second-order valence-electron chi connectivity index (χ2n) is 4.28. The summed E-state index contributed by atoms with van der Waals surface area (Å²) in [5.41, 5.74) is 0.298. The van der Waals surface area contributed by atoms with Crippen LogP contribution in [0.25, 0.3) is 0 Å². The Kier molecular flexibility index (Phi) is 4.90. The predicted molar refractivity (Wildman–Crippen MR) is 66.0 cm³/mol. The fourth-order valence-corrected chi connectivity index (χ4v) is 1.50. The summed E-state index contributed by atoms with van der Waals surface area (Å²) in [5, 5.41) is 9.53. The molecule has 1 aromatic heterocycles. The molecule has 0 aliphatic rings. The average molecular weight is 237 g/mol. The number of aromatic hydroxyl groups is 1. The second kappa shape index (κ2) is 6.20. The topological polar surface area (TPSA) is 56.7 Å². The molecular weight excluding hydrogens is 218 g/mol. The van der Waals surface area contributed by atoms with Crippen LogP contribution >= 0.6 is 0 Å². The Bertz CT molecular complexity index is 380. The zero-order valence-electron chi connectivity index (χ0n) is 10.6. The van der Waals surface area contributed by atoms with Crippen LogP contribution in [0.5, 0.6) is 5.75 Å². The van der Waals surface area contributed by atoms with E-state index in [1.165, 1.54) is 18.5 Å². The maximum atomic E-state index is 12.0. The lowest BCUT2D eigenvalue weighted by molar-refractivity contribution is 0.0787. The van der Waals surface area contributed by atoms with Crippen molar-refractivity contribution in [3.05, 3.63) is 24.0 Å². The maximum Gasteiger partial charge on any atom is 0.257 e. The van der Waals surface area contributed by atoms with E-state index in [4.69, 9.17) is 0 Å². The molecule has 1 heterocycles. The third kappa shape index (κ3) is 4.03. The van der Waals surface area contributed by atoms with Gasteiger partial charge in [-0.2, -0.15) is 0 Å². The average Bonchev–Trinajstić information content (AvgIpc) is 2.28. The monoisotopic (exact) mass is 237 g/mol. The van der Waals surface area contributed by atoms with Gasteiger partial charge in [0.15, 0.2) is 0 Å². The summed E-state index contributed by atoms with van der Waals surface area (Å²) in [6.07, 6.45) is 3.68. The van der Waals surface area contributed by atoms with Crippen molar-refractivity contribution < 1.29 is 9.90 Å². The third-order valence-electron chi connectivity index (χ3n) is 2.48. The molecule has 0 unspecified atom stereocenters. The highest BCUT2D eigenvalue weighted by Gasteiger charge is 2.14. The quantitative estimate of drug-likeness (QED) is 0.823. The van der Waals surface area contributed by atoms with Crippen molar-refractivity contribution in [2.24, 2.45) is 0 Å². The van der Waals surface area contributed by atoms with Crippen LogP contribution < -0.4 is 0 Å². The molecule has 5 nitrogen and oxygen atoms in total. The Morgan fingerprint density at radius 3 is 2.65 bits per heavy atom. The van der Waals surface area contributed by atoms with Crippen LogP contribution in [0.3, 0.4) is 0 Å². The van der Waals surface area contributed by atoms with Gasteiger partial charge >= 0.3 is 0 Å². The summed E-state index contributed by atoms with van der Waals surface area (Å²) in [6, 6.07) is 1.53. The molecule has 1 amide bonds. The fourth-order valence-electron chi connectivity index (χ4n) is 1.50. The summed E-state index contributed by atoms with van der Waals surface area (Å²) in [4.78, 5) is 19.4. The second-order valence-corrected chi connectivity index (χ2v) is 4.28. The number of carbonyl (C=O) groups excluding carboxylic acids is 1. The number of hydrogen-bond acceptors (Lipinski definition) is 4. The lowest BCUT2D eigenvalue weighted by Gasteiger charge is -2.18. The smallest absolute Gasteiger partial charge is 0.257 e. The largest absolute Gasteiger partial charge is 0.505 e. The molecule has 5 heteroatoms. The first-order valence-corrected chi connectivity index (χ1v) is 5.55. The van der Waals surface area contributed by atoms with E-state index in [2.05, 4.69) is 9.88 Å². The Morgan fingerprint density at radius 2 is 2.06 bits per heavy atom. The first kappa shape index (κ1) is 13.4. The number of carbonyl (C=O) groups is 1. The van der Waals surface area contributed by atoms with Crippen LogP contribution in [0, 0.1) is 0 Å². The van der Waals surface area contributed by atoms with Crippen LogP contribution in [0.2, 0.25) is 0 Å². The molecule has 0 saturated carbocycles. The Morgan fingerprint density at radius 1 is 1.35 bits per heavy atom. The van der Waals surface area contributed by atoms with Gasteiger partial charge in [0, 0.05) is 19.8 Å². The van der Waals surface area contributed by atoms with Crippen LogP contribution in [0.1, 0.15) is 16.8 Å². The summed E-state index contributed by atoms with van der Waals surface area (Å²) < 4.78 is 0. The van der Waals surface area contributed by atoms with E-state index < -0.39 is 0 Å². The van der Waals surface area contributed by atoms with Crippen molar-refractivity contribution >= 4 is 5.91 Å². The number of aromatic nitrogens is 1. The van der Waals surface area contributed by atoms with Crippen molar-refractivity contribution in [3.63, 3.8) is 0 Å². The van der Waals surface area contributed by atoms with E-state index in [-0.39, 0.29) is 11.7 Å². The number of hydrogen-bond donors (Lipinski definition) is 1. The minimum absolute atomic E-state index is 0.0723. The van der Waals surface area contributed by atoms with Crippen molar-refractivity contribution in [2.75, 3.05) is 34.2 Å². The van der Waals surface area contributed by atoms with Gasteiger partial charge in [0.05, 0.1) is 11.8 Å². The lowest BCUT2D eigenvalue weighted by atomic mass is 10.2. The molecule has 94 valence electrons. The van der Waals surface area contributed by atoms with Crippen molar-refractivity contribution in [2.45, 2.75) is 6.42 Å². The Hall–Kier alpha value is -1.62. The standard InChI is InChI=1S/C12H19N3O2/c1-14(2)7-4-8-15(3)12(17)10-5-6-13-9-11(10)16/h5-6,9,16H,4,7-8H2,1-3H3. The van der Waals surface area contributed by atoms with E-state index >= 15 is 0 Å².